The molecule has 0 radical (unpaired) electrons. The summed E-state index contributed by atoms with van der Waals surface area (Å²) >= 11 is 5.79. The molecular weight excluding hydrogens is 246 g/mol. The van der Waals surface area contributed by atoms with E-state index in [-0.39, 0.29) is 16.9 Å². The van der Waals surface area contributed by atoms with Gasteiger partial charge in [0.15, 0.2) is 0 Å². The van der Waals surface area contributed by atoms with Crippen molar-refractivity contribution < 1.29 is 9.66 Å². The summed E-state index contributed by atoms with van der Waals surface area (Å²) in [4.78, 5) is 16.4. The zero-order valence-corrected chi connectivity index (χ0v) is 10.1. The third-order valence-corrected chi connectivity index (χ3v) is 2.77. The van der Waals surface area contributed by atoms with Gasteiger partial charge in [-0.25, -0.2) is 4.98 Å². The van der Waals surface area contributed by atoms with Gasteiger partial charge in [0.25, 0.3) is 0 Å². The zero-order chi connectivity index (χ0) is 12.4. The molecule has 2 rings (SSSR count). The van der Waals surface area contributed by atoms with E-state index in [1.807, 2.05) is 11.8 Å². The van der Waals surface area contributed by atoms with Gasteiger partial charge in [0.2, 0.25) is 5.82 Å². The molecule has 1 aromatic rings. The Morgan fingerprint density at radius 1 is 1.65 bits per heavy atom. The van der Waals surface area contributed by atoms with Gasteiger partial charge >= 0.3 is 5.69 Å². The molecule has 7 heteroatoms. The minimum atomic E-state index is -0.446. The van der Waals surface area contributed by atoms with Crippen LogP contribution in [0.15, 0.2) is 12.1 Å². The van der Waals surface area contributed by atoms with E-state index in [1.165, 1.54) is 12.1 Å². The number of nitrogens with zero attached hydrogens (tertiary/aromatic N) is 3. The summed E-state index contributed by atoms with van der Waals surface area (Å²) in [6, 6.07) is 2.80. The van der Waals surface area contributed by atoms with Crippen molar-refractivity contribution in [3.8, 4) is 0 Å². The Balaban J connectivity index is 2.35. The summed E-state index contributed by atoms with van der Waals surface area (Å²) in [7, 11) is 0. The quantitative estimate of drug-likeness (QED) is 0.460. The Morgan fingerprint density at radius 2 is 2.41 bits per heavy atom. The van der Waals surface area contributed by atoms with Crippen LogP contribution >= 0.6 is 11.6 Å². The van der Waals surface area contributed by atoms with Crippen molar-refractivity contribution in [2.24, 2.45) is 0 Å². The molecule has 0 aliphatic carbocycles. The van der Waals surface area contributed by atoms with Crippen molar-refractivity contribution in [1.29, 1.82) is 0 Å². The highest BCUT2D eigenvalue weighted by Gasteiger charge is 2.25. The van der Waals surface area contributed by atoms with Gasteiger partial charge < -0.3 is 9.64 Å². The topological polar surface area (TPSA) is 68.5 Å². The number of halogens is 1. The zero-order valence-electron chi connectivity index (χ0n) is 9.30. The summed E-state index contributed by atoms with van der Waals surface area (Å²) < 4.78 is 5.39. The number of aromatic nitrogens is 1. The number of anilines is 1. The summed E-state index contributed by atoms with van der Waals surface area (Å²) in [5, 5.41) is 11.2. The fraction of sp³-hybridized carbons (Fsp3) is 0.500. The van der Waals surface area contributed by atoms with Gasteiger partial charge in [0.1, 0.15) is 5.15 Å². The van der Waals surface area contributed by atoms with Crippen LogP contribution < -0.4 is 4.90 Å². The Kier molecular flexibility index (Phi) is 3.44. The lowest BCUT2D eigenvalue weighted by atomic mass is 10.2. The third kappa shape index (κ3) is 2.65. The smallest absolute Gasteiger partial charge is 0.311 e. The van der Waals surface area contributed by atoms with Crippen LogP contribution in [0.25, 0.3) is 0 Å². The molecule has 0 aromatic carbocycles. The van der Waals surface area contributed by atoms with Crippen LogP contribution in [0, 0.1) is 10.1 Å². The van der Waals surface area contributed by atoms with E-state index in [4.69, 9.17) is 16.3 Å². The highest BCUT2D eigenvalue weighted by Crippen LogP contribution is 2.28. The van der Waals surface area contributed by atoms with Gasteiger partial charge in [-0.1, -0.05) is 11.6 Å². The number of morpholine rings is 1. The molecule has 1 aliphatic heterocycles. The minimum absolute atomic E-state index is 0.0245. The van der Waals surface area contributed by atoms with Crippen LogP contribution in [0.5, 0.6) is 0 Å². The molecule has 0 spiro atoms. The summed E-state index contributed by atoms with van der Waals surface area (Å²) in [6.45, 7) is 3.61. The highest BCUT2D eigenvalue weighted by atomic mass is 35.5. The second-order valence-electron chi connectivity index (χ2n) is 3.86. The third-order valence-electron chi connectivity index (χ3n) is 2.56. The first-order chi connectivity index (χ1) is 8.08. The number of rotatable bonds is 2. The highest BCUT2D eigenvalue weighted by molar-refractivity contribution is 6.29. The average Bonchev–Trinajstić information content (AvgIpc) is 2.28. The molecule has 0 amide bonds. The number of hydrogen-bond donors (Lipinski definition) is 0. The Bertz CT molecular complexity index is 441. The molecule has 17 heavy (non-hydrogen) atoms. The van der Waals surface area contributed by atoms with E-state index < -0.39 is 4.92 Å². The van der Waals surface area contributed by atoms with Gasteiger partial charge in [-0.2, -0.15) is 0 Å². The SMILES string of the molecule is CC1CN(c2nc(Cl)ccc2[N+](=O)[O-])CCO1. The van der Waals surface area contributed by atoms with Crippen molar-refractivity contribution in [3.05, 3.63) is 27.4 Å². The van der Waals surface area contributed by atoms with Gasteiger partial charge in [-0.15, -0.1) is 0 Å². The van der Waals surface area contributed by atoms with Gasteiger partial charge in [0.05, 0.1) is 17.6 Å². The molecule has 2 heterocycles. The molecule has 0 bridgehead atoms. The Morgan fingerprint density at radius 3 is 3.06 bits per heavy atom. The molecule has 1 aliphatic rings. The second kappa shape index (κ2) is 4.85. The molecule has 92 valence electrons. The lowest BCUT2D eigenvalue weighted by molar-refractivity contribution is -0.384. The summed E-state index contributed by atoms with van der Waals surface area (Å²) in [6.07, 6.45) is 0.0316. The van der Waals surface area contributed by atoms with Crippen molar-refractivity contribution in [2.45, 2.75) is 13.0 Å². The first-order valence-corrected chi connectivity index (χ1v) is 5.63. The molecule has 1 atom stereocenters. The van der Waals surface area contributed by atoms with Crippen LogP contribution in [0.1, 0.15) is 6.92 Å². The Labute approximate surface area is 103 Å². The van der Waals surface area contributed by atoms with Crippen LogP contribution in [0.2, 0.25) is 5.15 Å². The molecule has 0 N–H and O–H groups in total. The monoisotopic (exact) mass is 257 g/mol. The molecule has 0 saturated carbocycles. The lowest BCUT2D eigenvalue weighted by Gasteiger charge is -2.31. The van der Waals surface area contributed by atoms with Crippen LogP contribution in [0.3, 0.4) is 0 Å². The first-order valence-electron chi connectivity index (χ1n) is 5.25. The standard InChI is InChI=1S/C10H12ClN3O3/c1-7-6-13(4-5-17-7)10-8(14(15)16)2-3-9(11)12-10/h2-3,7H,4-6H2,1H3. The number of ether oxygens (including phenoxy) is 1. The minimum Gasteiger partial charge on any atom is -0.375 e. The number of hydrogen-bond acceptors (Lipinski definition) is 5. The molecular formula is C10H12ClN3O3. The summed E-state index contributed by atoms with van der Waals surface area (Å²) in [5.74, 6) is 0.317. The normalized spacial score (nSPS) is 20.4. The maximum absolute atomic E-state index is 10.9. The van der Waals surface area contributed by atoms with Gasteiger partial charge in [-0.05, 0) is 13.0 Å². The maximum atomic E-state index is 10.9. The first kappa shape index (κ1) is 12.1. The van der Waals surface area contributed by atoms with E-state index in [0.717, 1.165) is 0 Å². The largest absolute Gasteiger partial charge is 0.375 e. The molecule has 1 aromatic heterocycles. The molecule has 1 unspecified atom stereocenters. The van der Waals surface area contributed by atoms with Crippen molar-refractivity contribution in [2.75, 3.05) is 24.6 Å². The fourth-order valence-electron chi connectivity index (χ4n) is 1.80. The van der Waals surface area contributed by atoms with Crippen LogP contribution in [-0.4, -0.2) is 35.7 Å². The molecule has 6 nitrogen and oxygen atoms in total. The molecule has 1 fully saturated rings. The van der Waals surface area contributed by atoms with Crippen LogP contribution in [-0.2, 0) is 4.74 Å². The van der Waals surface area contributed by atoms with Crippen molar-refractivity contribution in [3.63, 3.8) is 0 Å². The van der Waals surface area contributed by atoms with Crippen molar-refractivity contribution >= 4 is 23.1 Å². The number of pyridine rings is 1. The predicted molar refractivity (Wildman–Crippen MR) is 63.5 cm³/mol. The van der Waals surface area contributed by atoms with E-state index in [9.17, 15) is 10.1 Å². The van der Waals surface area contributed by atoms with Gasteiger partial charge in [-0.3, -0.25) is 10.1 Å². The second-order valence-corrected chi connectivity index (χ2v) is 4.25. The van der Waals surface area contributed by atoms with E-state index in [0.29, 0.717) is 25.5 Å². The summed E-state index contributed by atoms with van der Waals surface area (Å²) in [5.41, 5.74) is -0.0245. The predicted octanol–water partition coefficient (Wildman–Crippen LogP) is 1.87. The maximum Gasteiger partial charge on any atom is 0.311 e. The molecule has 1 saturated heterocycles. The number of nitro groups is 1. The fourth-order valence-corrected chi connectivity index (χ4v) is 1.95. The van der Waals surface area contributed by atoms with E-state index >= 15 is 0 Å². The van der Waals surface area contributed by atoms with Crippen molar-refractivity contribution in [1.82, 2.24) is 4.98 Å². The van der Waals surface area contributed by atoms with E-state index in [2.05, 4.69) is 4.98 Å². The van der Waals surface area contributed by atoms with Crippen LogP contribution in [0.4, 0.5) is 11.5 Å². The van der Waals surface area contributed by atoms with E-state index in [1.54, 1.807) is 0 Å². The average molecular weight is 258 g/mol. The Hall–Kier alpha value is -1.40. The lowest BCUT2D eigenvalue weighted by Crippen LogP contribution is -2.41. The van der Waals surface area contributed by atoms with Gasteiger partial charge in [0, 0.05) is 19.2 Å².